The second kappa shape index (κ2) is 5.26. The number of rotatable bonds is 5. The highest BCUT2D eigenvalue weighted by Crippen LogP contribution is 2.30. The molecule has 0 saturated heterocycles. The molecule has 6 heteroatoms. The molecule has 0 saturated carbocycles. The Morgan fingerprint density at radius 2 is 2.11 bits per heavy atom. The maximum atomic E-state index is 12.4. The first-order chi connectivity index (χ1) is 8.57. The summed E-state index contributed by atoms with van der Waals surface area (Å²) in [5.74, 6) is 0. The fourth-order valence-electron chi connectivity index (χ4n) is 2.12. The number of aliphatic hydroxyl groups is 1. The fraction of sp³-hybridized carbons (Fsp3) is 0.500. The molecule has 1 aliphatic rings. The molecule has 1 aromatic rings. The van der Waals surface area contributed by atoms with Crippen molar-refractivity contribution in [1.29, 1.82) is 0 Å². The summed E-state index contributed by atoms with van der Waals surface area (Å²) in [6, 6.07) is 7.56. The minimum absolute atomic E-state index is 0.00352. The van der Waals surface area contributed by atoms with Crippen LogP contribution in [-0.4, -0.2) is 44.6 Å². The number of hydrogen-bond donors (Lipinski definition) is 1. The Balaban J connectivity index is 2.22. The molecule has 0 spiro atoms. The van der Waals surface area contributed by atoms with Crippen molar-refractivity contribution in [2.75, 3.05) is 31.0 Å². The van der Waals surface area contributed by atoms with E-state index in [1.165, 1.54) is 8.61 Å². The normalized spacial score (nSPS) is 15.2. The Labute approximate surface area is 108 Å². The van der Waals surface area contributed by atoms with Gasteiger partial charge in [-0.1, -0.05) is 18.2 Å². The number of benzene rings is 1. The van der Waals surface area contributed by atoms with Gasteiger partial charge in [-0.05, 0) is 24.5 Å². The van der Waals surface area contributed by atoms with E-state index in [1.807, 2.05) is 24.3 Å². The van der Waals surface area contributed by atoms with E-state index < -0.39 is 10.2 Å². The summed E-state index contributed by atoms with van der Waals surface area (Å²) in [6.45, 7) is 0.819. The summed E-state index contributed by atoms with van der Waals surface area (Å²) >= 11 is 0. The highest BCUT2D eigenvalue weighted by Gasteiger charge is 2.31. The zero-order valence-electron chi connectivity index (χ0n) is 10.4. The van der Waals surface area contributed by atoms with Crippen molar-refractivity contribution in [2.45, 2.75) is 12.8 Å². The van der Waals surface area contributed by atoms with Crippen LogP contribution in [0.4, 0.5) is 5.69 Å². The quantitative estimate of drug-likeness (QED) is 0.852. The summed E-state index contributed by atoms with van der Waals surface area (Å²) in [5.41, 5.74) is 1.84. The molecule has 1 aliphatic heterocycles. The topological polar surface area (TPSA) is 60.9 Å². The molecule has 1 aromatic carbocycles. The van der Waals surface area contributed by atoms with Crippen LogP contribution in [0.15, 0.2) is 24.3 Å². The molecule has 0 radical (unpaired) electrons. The molecule has 5 nitrogen and oxygen atoms in total. The van der Waals surface area contributed by atoms with Gasteiger partial charge in [0.25, 0.3) is 0 Å². The summed E-state index contributed by atoms with van der Waals surface area (Å²) < 4.78 is 27.5. The third kappa shape index (κ3) is 2.36. The van der Waals surface area contributed by atoms with Gasteiger partial charge >= 0.3 is 10.2 Å². The molecule has 0 amide bonds. The molecular formula is C12H18N2O3S. The molecule has 1 heterocycles. The Bertz CT molecular complexity index is 516. The van der Waals surface area contributed by atoms with Gasteiger partial charge in [0, 0.05) is 26.7 Å². The molecule has 1 N–H and O–H groups in total. The minimum atomic E-state index is -3.47. The second-order valence-electron chi connectivity index (χ2n) is 4.36. The minimum Gasteiger partial charge on any atom is -0.396 e. The lowest BCUT2D eigenvalue weighted by atomic mass is 10.2. The highest BCUT2D eigenvalue weighted by atomic mass is 32.2. The third-order valence-corrected chi connectivity index (χ3v) is 5.05. The number of para-hydroxylation sites is 1. The molecule has 0 aromatic heterocycles. The van der Waals surface area contributed by atoms with Gasteiger partial charge in [-0.3, -0.25) is 4.31 Å². The first kappa shape index (κ1) is 13.3. The Morgan fingerprint density at radius 3 is 2.83 bits per heavy atom. The molecule has 2 rings (SSSR count). The maximum Gasteiger partial charge on any atom is 0.303 e. The largest absolute Gasteiger partial charge is 0.396 e. The van der Waals surface area contributed by atoms with Crippen molar-refractivity contribution in [3.63, 3.8) is 0 Å². The Morgan fingerprint density at radius 1 is 1.39 bits per heavy atom. The fourth-order valence-corrected chi connectivity index (χ4v) is 3.57. The van der Waals surface area contributed by atoms with Crippen LogP contribution in [0.1, 0.15) is 12.0 Å². The zero-order chi connectivity index (χ0) is 13.2. The lowest BCUT2D eigenvalue weighted by molar-refractivity contribution is 0.275. The van der Waals surface area contributed by atoms with E-state index in [0.717, 1.165) is 17.7 Å². The predicted octanol–water partition coefficient (Wildman–Crippen LogP) is 0.608. The van der Waals surface area contributed by atoms with E-state index in [1.54, 1.807) is 7.05 Å². The van der Waals surface area contributed by atoms with Crippen LogP contribution in [0.5, 0.6) is 0 Å². The molecule has 0 unspecified atom stereocenters. The van der Waals surface area contributed by atoms with E-state index >= 15 is 0 Å². The average molecular weight is 270 g/mol. The van der Waals surface area contributed by atoms with Crippen LogP contribution in [-0.2, 0) is 16.6 Å². The molecule has 100 valence electrons. The lowest BCUT2D eigenvalue weighted by Gasteiger charge is -2.25. The number of fused-ring (bicyclic) bond motifs is 1. The summed E-state index contributed by atoms with van der Waals surface area (Å²) in [6.07, 6.45) is 1.20. The van der Waals surface area contributed by atoms with E-state index in [4.69, 9.17) is 5.11 Å². The van der Waals surface area contributed by atoms with Crippen molar-refractivity contribution < 1.29 is 13.5 Å². The van der Waals surface area contributed by atoms with Crippen LogP contribution in [0.3, 0.4) is 0 Å². The van der Waals surface area contributed by atoms with E-state index in [9.17, 15) is 8.42 Å². The van der Waals surface area contributed by atoms with Crippen LogP contribution >= 0.6 is 0 Å². The zero-order valence-corrected chi connectivity index (χ0v) is 11.2. The van der Waals surface area contributed by atoms with Crippen molar-refractivity contribution in [3.05, 3.63) is 29.8 Å². The Hall–Kier alpha value is -1.11. The summed E-state index contributed by atoms with van der Waals surface area (Å²) in [5, 5.41) is 8.77. The third-order valence-electron chi connectivity index (χ3n) is 3.15. The molecule has 0 fully saturated rings. The van der Waals surface area contributed by atoms with Crippen LogP contribution < -0.4 is 4.31 Å². The van der Waals surface area contributed by atoms with Gasteiger partial charge in [0.05, 0.1) is 5.69 Å². The first-order valence-corrected chi connectivity index (χ1v) is 7.40. The van der Waals surface area contributed by atoms with Gasteiger partial charge < -0.3 is 5.11 Å². The van der Waals surface area contributed by atoms with E-state index in [-0.39, 0.29) is 6.61 Å². The van der Waals surface area contributed by atoms with Gasteiger partial charge in [-0.2, -0.15) is 12.7 Å². The first-order valence-electron chi connectivity index (χ1n) is 6.00. The number of nitrogens with zero attached hydrogens (tertiary/aromatic N) is 2. The molecule has 0 aliphatic carbocycles. The molecule has 0 bridgehead atoms. The number of aliphatic hydroxyl groups excluding tert-OH is 1. The van der Waals surface area contributed by atoms with Gasteiger partial charge in [-0.15, -0.1) is 0 Å². The summed E-state index contributed by atoms with van der Waals surface area (Å²) in [4.78, 5) is 0. The lowest BCUT2D eigenvalue weighted by Crippen LogP contribution is -2.41. The van der Waals surface area contributed by atoms with Crippen LogP contribution in [0.25, 0.3) is 0 Å². The second-order valence-corrected chi connectivity index (χ2v) is 6.32. The van der Waals surface area contributed by atoms with Gasteiger partial charge in [0.15, 0.2) is 0 Å². The number of hydrogen-bond acceptors (Lipinski definition) is 3. The highest BCUT2D eigenvalue weighted by molar-refractivity contribution is 7.90. The molecule has 18 heavy (non-hydrogen) atoms. The monoisotopic (exact) mass is 270 g/mol. The SMILES string of the molecule is CN(CCCO)S(=O)(=O)N1CCc2ccccc21. The van der Waals surface area contributed by atoms with E-state index in [0.29, 0.717) is 19.5 Å². The van der Waals surface area contributed by atoms with Crippen molar-refractivity contribution in [1.82, 2.24) is 4.31 Å². The van der Waals surface area contributed by atoms with Gasteiger partial charge in [0.1, 0.15) is 0 Å². The number of anilines is 1. The summed E-state index contributed by atoms with van der Waals surface area (Å²) in [7, 11) is -1.92. The molecular weight excluding hydrogens is 252 g/mol. The average Bonchev–Trinajstić information content (AvgIpc) is 2.80. The van der Waals surface area contributed by atoms with E-state index in [2.05, 4.69) is 0 Å². The van der Waals surface area contributed by atoms with Crippen molar-refractivity contribution in [3.8, 4) is 0 Å². The Kier molecular flexibility index (Phi) is 3.89. The smallest absolute Gasteiger partial charge is 0.303 e. The molecule has 0 atom stereocenters. The van der Waals surface area contributed by atoms with Crippen LogP contribution in [0, 0.1) is 0 Å². The van der Waals surface area contributed by atoms with Gasteiger partial charge in [0.2, 0.25) is 0 Å². The predicted molar refractivity (Wildman–Crippen MR) is 70.7 cm³/mol. The van der Waals surface area contributed by atoms with Crippen molar-refractivity contribution >= 4 is 15.9 Å². The van der Waals surface area contributed by atoms with Crippen LogP contribution in [0.2, 0.25) is 0 Å². The standard InChI is InChI=1S/C12H18N2O3S/c1-13(8-4-10-15)18(16,17)14-9-7-11-5-2-3-6-12(11)14/h2-3,5-6,15H,4,7-10H2,1H3. The van der Waals surface area contributed by atoms with Gasteiger partial charge in [-0.25, -0.2) is 0 Å². The maximum absolute atomic E-state index is 12.4. The van der Waals surface area contributed by atoms with Crippen molar-refractivity contribution in [2.24, 2.45) is 0 Å².